The Morgan fingerprint density at radius 1 is 1.19 bits per heavy atom. The molecular weight excluding hydrogens is 394 g/mol. The molecule has 31 heavy (non-hydrogen) atoms. The topological polar surface area (TPSA) is 109 Å². The molecule has 0 aliphatic carbocycles. The maximum absolute atomic E-state index is 12.3. The van der Waals surface area contributed by atoms with Gasteiger partial charge in [-0.25, -0.2) is 0 Å². The summed E-state index contributed by atoms with van der Waals surface area (Å²) >= 11 is 0. The Morgan fingerprint density at radius 3 is 2.68 bits per heavy atom. The van der Waals surface area contributed by atoms with Crippen LogP contribution in [0.15, 0.2) is 70.7 Å². The normalized spacial score (nSPS) is 11.0. The zero-order chi connectivity index (χ0) is 22.2. The zero-order valence-electron chi connectivity index (χ0n) is 17.0. The number of nitro groups is 1. The van der Waals surface area contributed by atoms with Crippen molar-refractivity contribution in [2.24, 2.45) is 0 Å². The minimum Gasteiger partial charge on any atom is -0.457 e. The molecule has 1 aromatic heterocycles. The van der Waals surface area contributed by atoms with E-state index in [0.29, 0.717) is 23.6 Å². The summed E-state index contributed by atoms with van der Waals surface area (Å²) in [5.74, 6) is 0.268. The van der Waals surface area contributed by atoms with Gasteiger partial charge in [-0.2, -0.15) is 5.26 Å². The maximum Gasteiger partial charge on any atom is 0.270 e. The number of furan rings is 1. The number of nitrogens with zero attached hydrogens (tertiary/aromatic N) is 2. The van der Waals surface area contributed by atoms with Crippen LogP contribution in [0, 0.1) is 28.4 Å². The van der Waals surface area contributed by atoms with Gasteiger partial charge in [-0.05, 0) is 43.0 Å². The lowest BCUT2D eigenvalue weighted by molar-refractivity contribution is -0.384. The van der Waals surface area contributed by atoms with Gasteiger partial charge in [-0.3, -0.25) is 14.9 Å². The number of benzene rings is 2. The molecule has 2 aromatic carbocycles. The molecule has 0 aliphatic rings. The summed E-state index contributed by atoms with van der Waals surface area (Å²) in [6.07, 6.45) is 2.95. The largest absolute Gasteiger partial charge is 0.457 e. The van der Waals surface area contributed by atoms with Crippen molar-refractivity contribution < 1.29 is 14.1 Å². The molecule has 7 nitrogen and oxygen atoms in total. The first-order valence-electron chi connectivity index (χ1n) is 9.77. The van der Waals surface area contributed by atoms with E-state index in [1.807, 2.05) is 43.3 Å². The van der Waals surface area contributed by atoms with Crippen LogP contribution >= 0.6 is 0 Å². The summed E-state index contributed by atoms with van der Waals surface area (Å²) in [7, 11) is 0. The van der Waals surface area contributed by atoms with Crippen molar-refractivity contribution in [2.45, 2.75) is 19.8 Å². The van der Waals surface area contributed by atoms with Gasteiger partial charge >= 0.3 is 0 Å². The third kappa shape index (κ3) is 5.67. The third-order valence-electron chi connectivity index (χ3n) is 4.75. The summed E-state index contributed by atoms with van der Waals surface area (Å²) in [6, 6.07) is 19.6. The molecule has 3 aromatic rings. The number of rotatable bonds is 8. The number of nitro benzene ring substituents is 1. The summed E-state index contributed by atoms with van der Waals surface area (Å²) in [6.45, 7) is 2.27. The van der Waals surface area contributed by atoms with E-state index in [0.717, 1.165) is 18.4 Å². The second-order valence-corrected chi connectivity index (χ2v) is 6.97. The Balaban J connectivity index is 1.66. The lowest BCUT2D eigenvalue weighted by Gasteiger charge is -2.04. The highest BCUT2D eigenvalue weighted by Crippen LogP contribution is 2.29. The van der Waals surface area contributed by atoms with E-state index in [4.69, 9.17) is 4.42 Å². The molecule has 1 heterocycles. The zero-order valence-corrected chi connectivity index (χ0v) is 17.0. The molecule has 0 aliphatic heterocycles. The molecular formula is C24H21N3O4. The first-order valence-corrected chi connectivity index (χ1v) is 9.77. The highest BCUT2D eigenvalue weighted by molar-refractivity contribution is 6.01. The van der Waals surface area contributed by atoms with Gasteiger partial charge in [0, 0.05) is 30.3 Å². The number of hydrogen-bond acceptors (Lipinski definition) is 5. The molecule has 7 heteroatoms. The number of hydrogen-bond donors (Lipinski definition) is 1. The second kappa shape index (κ2) is 10.0. The summed E-state index contributed by atoms with van der Waals surface area (Å²) in [5.41, 5.74) is 2.47. The van der Waals surface area contributed by atoms with Crippen molar-refractivity contribution in [3.8, 4) is 17.4 Å². The van der Waals surface area contributed by atoms with Crippen LogP contribution in [-0.4, -0.2) is 17.4 Å². The van der Waals surface area contributed by atoms with Crippen molar-refractivity contribution in [1.82, 2.24) is 5.32 Å². The van der Waals surface area contributed by atoms with E-state index in [9.17, 15) is 20.2 Å². The van der Waals surface area contributed by atoms with E-state index in [2.05, 4.69) is 5.32 Å². The number of nitriles is 1. The van der Waals surface area contributed by atoms with Crippen LogP contribution in [0.25, 0.3) is 17.4 Å². The van der Waals surface area contributed by atoms with Gasteiger partial charge < -0.3 is 9.73 Å². The summed E-state index contributed by atoms with van der Waals surface area (Å²) in [4.78, 5) is 22.9. The Hall–Kier alpha value is -4.18. The fourth-order valence-electron chi connectivity index (χ4n) is 3.09. The molecule has 0 spiro atoms. The van der Waals surface area contributed by atoms with Crippen LogP contribution in [0.2, 0.25) is 0 Å². The standard InChI is InChI=1S/C24H21N3O4/c1-17-9-10-20(27(29)30)15-22(17)23-12-11-21(31-23)14-19(16-25)24(28)26-13-5-8-18-6-3-2-4-7-18/h2-4,6-7,9-12,14-15H,5,8,13H2,1H3,(H,26,28)/b19-14-. The smallest absolute Gasteiger partial charge is 0.270 e. The first kappa shape index (κ1) is 21.5. The van der Waals surface area contributed by atoms with E-state index in [1.165, 1.54) is 23.8 Å². The Bertz CT molecular complexity index is 1160. The molecule has 0 fully saturated rings. The van der Waals surface area contributed by atoms with Crippen LogP contribution < -0.4 is 5.32 Å². The molecule has 1 amide bonds. The van der Waals surface area contributed by atoms with Crippen molar-refractivity contribution in [1.29, 1.82) is 5.26 Å². The summed E-state index contributed by atoms with van der Waals surface area (Å²) in [5, 5.41) is 23.1. The van der Waals surface area contributed by atoms with Gasteiger partial charge in [0.15, 0.2) is 0 Å². The lowest BCUT2D eigenvalue weighted by Crippen LogP contribution is -2.25. The number of non-ortho nitro benzene ring substituents is 1. The van der Waals surface area contributed by atoms with Crippen LogP contribution in [0.3, 0.4) is 0 Å². The highest BCUT2D eigenvalue weighted by atomic mass is 16.6. The van der Waals surface area contributed by atoms with Crippen LogP contribution in [0.5, 0.6) is 0 Å². The van der Waals surface area contributed by atoms with Crippen molar-refractivity contribution in [3.05, 3.63) is 93.2 Å². The van der Waals surface area contributed by atoms with Gasteiger partial charge in [0.1, 0.15) is 23.2 Å². The Morgan fingerprint density at radius 2 is 1.97 bits per heavy atom. The second-order valence-electron chi connectivity index (χ2n) is 6.97. The van der Waals surface area contributed by atoms with Gasteiger partial charge in [0.25, 0.3) is 11.6 Å². The van der Waals surface area contributed by atoms with Gasteiger partial charge in [-0.15, -0.1) is 0 Å². The predicted molar refractivity (Wildman–Crippen MR) is 117 cm³/mol. The molecule has 1 N–H and O–H groups in total. The van der Waals surface area contributed by atoms with Crippen molar-refractivity contribution in [3.63, 3.8) is 0 Å². The fraction of sp³-hybridized carbons (Fsp3) is 0.167. The molecule has 3 rings (SSSR count). The average molecular weight is 415 g/mol. The van der Waals surface area contributed by atoms with E-state index < -0.39 is 10.8 Å². The predicted octanol–water partition coefficient (Wildman–Crippen LogP) is 4.82. The molecule has 156 valence electrons. The number of carbonyl (C=O) groups is 1. The third-order valence-corrected chi connectivity index (χ3v) is 4.75. The van der Waals surface area contributed by atoms with E-state index in [1.54, 1.807) is 18.2 Å². The van der Waals surface area contributed by atoms with Crippen molar-refractivity contribution >= 4 is 17.7 Å². The molecule has 0 unspecified atom stereocenters. The number of nitrogens with one attached hydrogen (secondary N) is 1. The minimum atomic E-state index is -0.472. The van der Waals surface area contributed by atoms with Crippen LogP contribution in [-0.2, 0) is 11.2 Å². The number of aryl methyl sites for hydroxylation is 2. The lowest BCUT2D eigenvalue weighted by atomic mass is 10.1. The quantitative estimate of drug-likeness (QED) is 0.186. The monoisotopic (exact) mass is 415 g/mol. The molecule has 0 saturated heterocycles. The average Bonchev–Trinajstić information content (AvgIpc) is 3.24. The van der Waals surface area contributed by atoms with Crippen LogP contribution in [0.4, 0.5) is 5.69 Å². The molecule has 0 radical (unpaired) electrons. The molecule has 0 saturated carbocycles. The Kier molecular flexibility index (Phi) is 6.97. The number of carbonyl (C=O) groups excluding carboxylic acids is 1. The van der Waals surface area contributed by atoms with Crippen LogP contribution in [0.1, 0.15) is 23.3 Å². The van der Waals surface area contributed by atoms with Gasteiger partial charge in [0.05, 0.1) is 4.92 Å². The van der Waals surface area contributed by atoms with E-state index in [-0.39, 0.29) is 11.3 Å². The van der Waals surface area contributed by atoms with Gasteiger partial charge in [0.2, 0.25) is 0 Å². The minimum absolute atomic E-state index is 0.0401. The highest BCUT2D eigenvalue weighted by Gasteiger charge is 2.14. The SMILES string of the molecule is Cc1ccc([N+](=O)[O-])cc1-c1ccc(/C=C(/C#N)C(=O)NCCCc2ccccc2)o1. The Labute approximate surface area is 179 Å². The van der Waals surface area contributed by atoms with Crippen molar-refractivity contribution in [2.75, 3.05) is 6.54 Å². The summed E-state index contributed by atoms with van der Waals surface area (Å²) < 4.78 is 5.72. The van der Waals surface area contributed by atoms with E-state index >= 15 is 0 Å². The fourth-order valence-corrected chi connectivity index (χ4v) is 3.09. The number of amides is 1. The first-order chi connectivity index (χ1) is 15.0. The molecule has 0 atom stereocenters. The van der Waals surface area contributed by atoms with Gasteiger partial charge in [-0.1, -0.05) is 36.4 Å². The maximum atomic E-state index is 12.3. The molecule has 0 bridgehead atoms.